The van der Waals surface area contributed by atoms with Crippen molar-refractivity contribution in [2.75, 3.05) is 6.54 Å². The summed E-state index contributed by atoms with van der Waals surface area (Å²) in [5.41, 5.74) is 0. The fraction of sp³-hybridized carbons (Fsp3) is 1.00. The fourth-order valence-electron chi connectivity index (χ4n) is 1.75. The van der Waals surface area contributed by atoms with Crippen LogP contribution in [-0.2, 0) is 0 Å². The molecule has 72 valence electrons. The number of halogens is 2. The SMILES string of the molecule is CC(C)CC1CC(F)NCC1F. The van der Waals surface area contributed by atoms with Crippen molar-refractivity contribution in [3.63, 3.8) is 0 Å². The second kappa shape index (κ2) is 4.17. The smallest absolute Gasteiger partial charge is 0.151 e. The zero-order valence-corrected chi connectivity index (χ0v) is 7.69. The van der Waals surface area contributed by atoms with Gasteiger partial charge in [0.15, 0.2) is 6.30 Å². The summed E-state index contributed by atoms with van der Waals surface area (Å²) in [6, 6.07) is 0. The van der Waals surface area contributed by atoms with Crippen molar-refractivity contribution in [3.8, 4) is 0 Å². The second-order valence-electron chi connectivity index (χ2n) is 4.02. The molecule has 1 aliphatic heterocycles. The summed E-state index contributed by atoms with van der Waals surface area (Å²) in [5.74, 6) is 0.375. The molecule has 3 unspecified atom stereocenters. The maximum absolute atomic E-state index is 13.2. The van der Waals surface area contributed by atoms with E-state index in [0.717, 1.165) is 6.42 Å². The topological polar surface area (TPSA) is 12.0 Å². The van der Waals surface area contributed by atoms with Gasteiger partial charge in [-0.25, -0.2) is 8.78 Å². The third-order valence-electron chi connectivity index (χ3n) is 2.33. The van der Waals surface area contributed by atoms with Crippen LogP contribution in [-0.4, -0.2) is 19.0 Å². The number of piperidine rings is 1. The lowest BCUT2D eigenvalue weighted by atomic mass is 9.87. The average molecular weight is 177 g/mol. The molecule has 0 aliphatic carbocycles. The molecule has 1 N–H and O–H groups in total. The quantitative estimate of drug-likeness (QED) is 0.638. The number of nitrogens with one attached hydrogen (secondary N) is 1. The maximum Gasteiger partial charge on any atom is 0.151 e. The minimum atomic E-state index is -0.999. The summed E-state index contributed by atoms with van der Waals surface area (Å²) in [5, 5.41) is 2.49. The Hall–Kier alpha value is -0.180. The van der Waals surface area contributed by atoms with Gasteiger partial charge in [-0.1, -0.05) is 13.8 Å². The Bertz CT molecular complexity index is 136. The molecule has 1 nitrogen and oxygen atoms in total. The summed E-state index contributed by atoms with van der Waals surface area (Å²) in [4.78, 5) is 0. The first-order valence-electron chi connectivity index (χ1n) is 4.61. The van der Waals surface area contributed by atoms with Gasteiger partial charge in [0.2, 0.25) is 0 Å². The molecule has 3 atom stereocenters. The van der Waals surface area contributed by atoms with E-state index in [2.05, 4.69) is 5.32 Å². The number of rotatable bonds is 2. The summed E-state index contributed by atoms with van der Waals surface area (Å²) in [6.07, 6.45) is -0.733. The Morgan fingerprint density at radius 1 is 1.42 bits per heavy atom. The molecule has 1 heterocycles. The molecule has 0 aromatic carbocycles. The largest absolute Gasteiger partial charge is 0.285 e. The highest BCUT2D eigenvalue weighted by Crippen LogP contribution is 2.26. The molecule has 0 bridgehead atoms. The van der Waals surface area contributed by atoms with Crippen LogP contribution in [0.5, 0.6) is 0 Å². The van der Waals surface area contributed by atoms with Crippen LogP contribution in [0, 0.1) is 11.8 Å². The van der Waals surface area contributed by atoms with Crippen molar-refractivity contribution >= 4 is 0 Å². The van der Waals surface area contributed by atoms with Crippen LogP contribution in [0.4, 0.5) is 8.78 Å². The van der Waals surface area contributed by atoms with E-state index >= 15 is 0 Å². The molecule has 1 saturated heterocycles. The molecule has 0 radical (unpaired) electrons. The van der Waals surface area contributed by atoms with E-state index in [-0.39, 0.29) is 12.5 Å². The van der Waals surface area contributed by atoms with Crippen LogP contribution in [0.3, 0.4) is 0 Å². The molecule has 3 heteroatoms. The normalized spacial score (nSPS) is 37.2. The first kappa shape index (κ1) is 9.90. The van der Waals surface area contributed by atoms with E-state index in [0.29, 0.717) is 12.3 Å². The minimum Gasteiger partial charge on any atom is -0.285 e. The number of hydrogen-bond acceptors (Lipinski definition) is 1. The standard InChI is InChI=1S/C9H17F2N/c1-6(2)3-7-4-9(11)12-5-8(7)10/h6-9,12H,3-5H2,1-2H3. The third kappa shape index (κ3) is 2.70. The predicted octanol–water partition coefficient (Wildman–Crippen LogP) is 2.28. The van der Waals surface area contributed by atoms with E-state index in [1.54, 1.807) is 0 Å². The van der Waals surface area contributed by atoms with E-state index in [1.165, 1.54) is 0 Å². The molecule has 1 aliphatic rings. The molecule has 0 saturated carbocycles. The van der Waals surface area contributed by atoms with Gasteiger partial charge in [0, 0.05) is 6.54 Å². The molecular formula is C9H17F2N. The molecular weight excluding hydrogens is 160 g/mol. The monoisotopic (exact) mass is 177 g/mol. The Morgan fingerprint density at radius 2 is 2.08 bits per heavy atom. The Balaban J connectivity index is 2.38. The summed E-state index contributed by atoms with van der Waals surface area (Å²) >= 11 is 0. The molecule has 0 aromatic rings. The van der Waals surface area contributed by atoms with Crippen LogP contribution in [0.1, 0.15) is 26.7 Å². The van der Waals surface area contributed by atoms with Gasteiger partial charge in [-0.15, -0.1) is 0 Å². The van der Waals surface area contributed by atoms with Crippen molar-refractivity contribution in [2.24, 2.45) is 11.8 Å². The van der Waals surface area contributed by atoms with Crippen LogP contribution in [0.25, 0.3) is 0 Å². The Kier molecular flexibility index (Phi) is 3.44. The van der Waals surface area contributed by atoms with Crippen molar-refractivity contribution in [2.45, 2.75) is 39.2 Å². The summed E-state index contributed by atoms with van der Waals surface area (Å²) in [6.45, 7) is 4.27. The Labute approximate surface area is 72.5 Å². The highest BCUT2D eigenvalue weighted by molar-refractivity contribution is 4.80. The van der Waals surface area contributed by atoms with Crippen LogP contribution >= 0.6 is 0 Å². The van der Waals surface area contributed by atoms with Crippen LogP contribution < -0.4 is 5.32 Å². The van der Waals surface area contributed by atoms with Gasteiger partial charge in [0.05, 0.1) is 0 Å². The molecule has 1 fully saturated rings. The van der Waals surface area contributed by atoms with E-state index < -0.39 is 12.5 Å². The van der Waals surface area contributed by atoms with Gasteiger partial charge in [0.25, 0.3) is 0 Å². The molecule has 1 rings (SSSR count). The lowest BCUT2D eigenvalue weighted by molar-refractivity contribution is 0.0835. The molecule has 0 aromatic heterocycles. The van der Waals surface area contributed by atoms with Gasteiger partial charge in [-0.3, -0.25) is 5.32 Å². The highest BCUT2D eigenvalue weighted by atomic mass is 19.1. The van der Waals surface area contributed by atoms with E-state index in [9.17, 15) is 8.78 Å². The Morgan fingerprint density at radius 3 is 2.67 bits per heavy atom. The van der Waals surface area contributed by atoms with Crippen molar-refractivity contribution in [1.29, 1.82) is 0 Å². The molecule has 0 spiro atoms. The first-order valence-corrected chi connectivity index (χ1v) is 4.61. The van der Waals surface area contributed by atoms with Crippen LogP contribution in [0.2, 0.25) is 0 Å². The third-order valence-corrected chi connectivity index (χ3v) is 2.33. The first-order chi connectivity index (χ1) is 5.59. The zero-order chi connectivity index (χ0) is 9.14. The van der Waals surface area contributed by atoms with Gasteiger partial charge >= 0.3 is 0 Å². The average Bonchev–Trinajstić information content (AvgIpc) is 1.96. The lowest BCUT2D eigenvalue weighted by Crippen LogP contribution is -2.43. The molecule has 12 heavy (non-hydrogen) atoms. The summed E-state index contributed by atoms with van der Waals surface area (Å²) < 4.78 is 25.9. The fourth-order valence-corrected chi connectivity index (χ4v) is 1.75. The van der Waals surface area contributed by atoms with Gasteiger partial charge in [-0.05, 0) is 24.7 Å². The molecule has 0 amide bonds. The minimum absolute atomic E-state index is 0.0822. The van der Waals surface area contributed by atoms with Gasteiger partial charge in [0.1, 0.15) is 6.17 Å². The highest BCUT2D eigenvalue weighted by Gasteiger charge is 2.30. The van der Waals surface area contributed by atoms with Crippen molar-refractivity contribution < 1.29 is 8.78 Å². The lowest BCUT2D eigenvalue weighted by Gasteiger charge is -2.30. The maximum atomic E-state index is 13.2. The van der Waals surface area contributed by atoms with Crippen molar-refractivity contribution in [1.82, 2.24) is 5.32 Å². The number of alkyl halides is 2. The zero-order valence-electron chi connectivity index (χ0n) is 7.69. The summed E-state index contributed by atoms with van der Waals surface area (Å²) in [7, 11) is 0. The number of hydrogen-bond donors (Lipinski definition) is 1. The van der Waals surface area contributed by atoms with Gasteiger partial charge in [-0.2, -0.15) is 0 Å². The van der Waals surface area contributed by atoms with E-state index in [4.69, 9.17) is 0 Å². The second-order valence-corrected chi connectivity index (χ2v) is 4.02. The van der Waals surface area contributed by atoms with Crippen LogP contribution in [0.15, 0.2) is 0 Å². The van der Waals surface area contributed by atoms with Gasteiger partial charge < -0.3 is 0 Å². The predicted molar refractivity (Wildman–Crippen MR) is 45.4 cm³/mol. The van der Waals surface area contributed by atoms with E-state index in [1.807, 2.05) is 13.8 Å². The van der Waals surface area contributed by atoms with Crippen molar-refractivity contribution in [3.05, 3.63) is 0 Å².